The molecule has 35 heavy (non-hydrogen) atoms. The van der Waals surface area contributed by atoms with Crippen molar-refractivity contribution < 1.29 is 14.3 Å². The number of hydrogen-bond donors (Lipinski definition) is 2. The van der Waals surface area contributed by atoms with Crippen LogP contribution in [-0.4, -0.2) is 63.7 Å². The Morgan fingerprint density at radius 1 is 1.14 bits per heavy atom. The Morgan fingerprint density at radius 2 is 1.97 bits per heavy atom. The van der Waals surface area contributed by atoms with Crippen LogP contribution in [0.2, 0.25) is 0 Å². The lowest BCUT2D eigenvalue weighted by molar-refractivity contribution is -0.0831. The van der Waals surface area contributed by atoms with E-state index >= 15 is 0 Å². The molecule has 1 saturated heterocycles. The number of aromatic nitrogens is 5. The van der Waals surface area contributed by atoms with Crippen LogP contribution in [0.25, 0.3) is 22.2 Å². The first-order valence-corrected chi connectivity index (χ1v) is 11.3. The third-order valence-electron chi connectivity index (χ3n) is 5.86. The highest BCUT2D eigenvalue weighted by Crippen LogP contribution is 2.27. The lowest BCUT2D eigenvalue weighted by Crippen LogP contribution is -2.38. The lowest BCUT2D eigenvalue weighted by Gasteiger charge is -2.25. The number of carbonyl (C=O) groups excluding carboxylic acids is 1. The van der Waals surface area contributed by atoms with Gasteiger partial charge >= 0.3 is 6.01 Å². The summed E-state index contributed by atoms with van der Waals surface area (Å²) in [7, 11) is 1.62. The fraction of sp³-hybridized carbons (Fsp3) is 0.280. The van der Waals surface area contributed by atoms with Crippen molar-refractivity contribution >= 4 is 22.6 Å². The molecule has 5 rings (SSSR count). The summed E-state index contributed by atoms with van der Waals surface area (Å²) in [6, 6.07) is 9.84. The molecule has 0 aliphatic carbocycles. The number of fused-ring (bicyclic) bond motifs is 1. The Labute approximate surface area is 202 Å². The van der Waals surface area contributed by atoms with E-state index in [1.807, 2.05) is 24.3 Å². The van der Waals surface area contributed by atoms with Crippen molar-refractivity contribution in [2.75, 3.05) is 32.1 Å². The summed E-state index contributed by atoms with van der Waals surface area (Å²) in [4.78, 5) is 34.1. The molecule has 10 nitrogen and oxygen atoms in total. The third-order valence-corrected chi connectivity index (χ3v) is 5.86. The summed E-state index contributed by atoms with van der Waals surface area (Å²) in [5, 5.41) is 6.90. The lowest BCUT2D eigenvalue weighted by atomic mass is 9.96. The zero-order chi connectivity index (χ0) is 24.2. The Hall–Kier alpha value is -4.18. The van der Waals surface area contributed by atoms with Gasteiger partial charge in [0.1, 0.15) is 18.2 Å². The molecule has 1 amide bonds. The summed E-state index contributed by atoms with van der Waals surface area (Å²) < 4.78 is 10.7. The number of rotatable bonds is 8. The minimum Gasteiger partial charge on any atom is -0.455 e. The predicted octanol–water partition coefficient (Wildman–Crippen LogP) is 2.83. The van der Waals surface area contributed by atoms with Gasteiger partial charge in [-0.25, -0.2) is 19.9 Å². The molecule has 4 heterocycles. The van der Waals surface area contributed by atoms with Crippen LogP contribution < -0.4 is 15.4 Å². The molecule has 0 unspecified atom stereocenters. The molecule has 1 atom stereocenters. The van der Waals surface area contributed by atoms with E-state index in [1.54, 1.807) is 31.7 Å². The van der Waals surface area contributed by atoms with Crippen molar-refractivity contribution in [2.45, 2.75) is 18.9 Å². The molecule has 1 aliphatic heterocycles. The molecular weight excluding hydrogens is 446 g/mol. The number of hydrogen-bond acceptors (Lipinski definition) is 9. The van der Waals surface area contributed by atoms with Crippen molar-refractivity contribution in [1.29, 1.82) is 0 Å². The Bertz CT molecular complexity index is 1340. The van der Waals surface area contributed by atoms with E-state index in [9.17, 15) is 4.79 Å². The summed E-state index contributed by atoms with van der Waals surface area (Å²) in [6.07, 6.45) is 6.56. The Morgan fingerprint density at radius 3 is 2.71 bits per heavy atom. The van der Waals surface area contributed by atoms with Gasteiger partial charge in [-0.3, -0.25) is 9.78 Å². The molecule has 0 spiro atoms. The van der Waals surface area contributed by atoms with Crippen LogP contribution in [0.1, 0.15) is 28.8 Å². The smallest absolute Gasteiger partial charge is 0.316 e. The van der Waals surface area contributed by atoms with Gasteiger partial charge in [-0.15, -0.1) is 0 Å². The molecule has 1 fully saturated rings. The van der Waals surface area contributed by atoms with Gasteiger partial charge in [-0.05, 0) is 11.6 Å². The standard InChI is InChI=1S/C25H25N7O3/c1-15(18-4-3-5-19-20(24(33)26-2)6-7-27-23(18)19)9-28-22-8-21(31-14-32-22)16-10-29-25(30-11-16)35-17-12-34-13-17/h3-8,10-11,14-15,17H,9,12-13H2,1-2H3,(H,26,33)(H,28,31,32)/t15-/m1/s1. The summed E-state index contributed by atoms with van der Waals surface area (Å²) in [6.45, 7) is 3.86. The Balaban J connectivity index is 1.29. The van der Waals surface area contributed by atoms with Crippen molar-refractivity contribution in [2.24, 2.45) is 0 Å². The summed E-state index contributed by atoms with van der Waals surface area (Å²) in [5.74, 6) is 0.669. The van der Waals surface area contributed by atoms with E-state index in [0.717, 1.165) is 22.0 Å². The maximum atomic E-state index is 12.3. The van der Waals surface area contributed by atoms with Crippen LogP contribution in [0.15, 0.2) is 55.2 Å². The first-order chi connectivity index (χ1) is 17.1. The number of nitrogens with one attached hydrogen (secondary N) is 2. The fourth-order valence-corrected chi connectivity index (χ4v) is 3.85. The number of anilines is 1. The summed E-state index contributed by atoms with van der Waals surface area (Å²) in [5.41, 5.74) is 3.95. The minimum atomic E-state index is -0.130. The van der Waals surface area contributed by atoms with Gasteiger partial charge in [0.15, 0.2) is 0 Å². The topological polar surface area (TPSA) is 124 Å². The van der Waals surface area contributed by atoms with Crippen LogP contribution in [0.5, 0.6) is 6.01 Å². The van der Waals surface area contributed by atoms with Crippen LogP contribution in [0.4, 0.5) is 5.82 Å². The average Bonchev–Trinajstić information content (AvgIpc) is 2.88. The largest absolute Gasteiger partial charge is 0.455 e. The number of pyridine rings is 1. The van der Waals surface area contributed by atoms with Crippen LogP contribution in [-0.2, 0) is 4.74 Å². The fourth-order valence-electron chi connectivity index (χ4n) is 3.85. The molecule has 1 aromatic carbocycles. The molecule has 4 aromatic rings. The molecule has 1 aliphatic rings. The second kappa shape index (κ2) is 9.98. The number of benzene rings is 1. The number of ether oxygens (including phenoxy) is 2. The van der Waals surface area contributed by atoms with Crippen LogP contribution in [0.3, 0.4) is 0 Å². The van der Waals surface area contributed by atoms with Gasteiger partial charge in [0.05, 0.1) is 30.0 Å². The maximum Gasteiger partial charge on any atom is 0.316 e. The third kappa shape index (κ3) is 4.87. The van der Waals surface area contributed by atoms with Gasteiger partial charge < -0.3 is 20.1 Å². The maximum absolute atomic E-state index is 12.3. The molecule has 0 bridgehead atoms. The second-order valence-corrected chi connectivity index (χ2v) is 8.28. The van der Waals surface area contributed by atoms with E-state index in [2.05, 4.69) is 42.5 Å². The zero-order valence-electron chi connectivity index (χ0n) is 19.4. The molecule has 3 aromatic heterocycles. The van der Waals surface area contributed by atoms with Crippen LogP contribution in [0, 0.1) is 0 Å². The van der Waals surface area contributed by atoms with Gasteiger partial charge in [0.2, 0.25) is 0 Å². The highest BCUT2D eigenvalue weighted by molar-refractivity contribution is 6.06. The zero-order valence-corrected chi connectivity index (χ0v) is 19.4. The number of nitrogens with zero attached hydrogens (tertiary/aromatic N) is 5. The van der Waals surface area contributed by atoms with E-state index in [0.29, 0.717) is 42.8 Å². The molecule has 178 valence electrons. The SMILES string of the molecule is CNC(=O)c1ccnc2c([C@H](C)CNc3cc(-c4cnc(OC5COC5)nc4)ncn3)cccc12. The van der Waals surface area contributed by atoms with E-state index in [1.165, 1.54) is 6.33 Å². The monoisotopic (exact) mass is 471 g/mol. The number of amides is 1. The number of para-hydroxylation sites is 1. The van der Waals surface area contributed by atoms with Gasteiger partial charge in [-0.2, -0.15) is 0 Å². The summed E-state index contributed by atoms with van der Waals surface area (Å²) >= 11 is 0. The first-order valence-electron chi connectivity index (χ1n) is 11.3. The Kier molecular flexibility index (Phi) is 6.44. The van der Waals surface area contributed by atoms with Gasteiger partial charge in [-0.1, -0.05) is 25.1 Å². The van der Waals surface area contributed by atoms with Crippen molar-refractivity contribution in [3.8, 4) is 17.3 Å². The molecular formula is C25H25N7O3. The highest BCUT2D eigenvalue weighted by Gasteiger charge is 2.21. The molecule has 10 heteroatoms. The molecule has 0 saturated carbocycles. The second-order valence-electron chi connectivity index (χ2n) is 8.28. The predicted molar refractivity (Wildman–Crippen MR) is 130 cm³/mol. The highest BCUT2D eigenvalue weighted by atomic mass is 16.6. The van der Waals surface area contributed by atoms with Gasteiger partial charge in [0.25, 0.3) is 5.91 Å². The van der Waals surface area contributed by atoms with E-state index < -0.39 is 0 Å². The minimum absolute atomic E-state index is 0.0185. The normalized spacial score (nSPS) is 14.2. The molecule has 2 N–H and O–H groups in total. The van der Waals surface area contributed by atoms with Crippen molar-refractivity contribution in [1.82, 2.24) is 30.2 Å². The van der Waals surface area contributed by atoms with Crippen molar-refractivity contribution in [3.63, 3.8) is 0 Å². The quantitative estimate of drug-likeness (QED) is 0.399. The van der Waals surface area contributed by atoms with E-state index in [-0.39, 0.29) is 17.9 Å². The van der Waals surface area contributed by atoms with Crippen LogP contribution >= 0.6 is 0 Å². The van der Waals surface area contributed by atoms with Crippen molar-refractivity contribution in [3.05, 3.63) is 66.4 Å². The average molecular weight is 472 g/mol. The first kappa shape index (κ1) is 22.6. The van der Waals surface area contributed by atoms with E-state index in [4.69, 9.17) is 9.47 Å². The molecule has 0 radical (unpaired) electrons. The van der Waals surface area contributed by atoms with Gasteiger partial charge in [0, 0.05) is 55.1 Å². The number of carbonyl (C=O) groups is 1.